The highest BCUT2D eigenvalue weighted by molar-refractivity contribution is 7.92. The van der Waals surface area contributed by atoms with Crippen LogP contribution < -0.4 is 14.4 Å². The van der Waals surface area contributed by atoms with Crippen molar-refractivity contribution in [1.82, 2.24) is 4.90 Å². The Bertz CT molecular complexity index is 1040. The van der Waals surface area contributed by atoms with Gasteiger partial charge in [-0.3, -0.25) is 13.9 Å². The summed E-state index contributed by atoms with van der Waals surface area (Å²) in [6.45, 7) is -0.389. The molecule has 0 saturated heterocycles. The largest absolute Gasteiger partial charge is 0.490 e. The van der Waals surface area contributed by atoms with Gasteiger partial charge in [0, 0.05) is 25.3 Å². The molecule has 0 heterocycles. The summed E-state index contributed by atoms with van der Waals surface area (Å²) in [5.74, 6) is 0.0777. The number of hydrogen-bond acceptors (Lipinski definition) is 5. The lowest BCUT2D eigenvalue weighted by Crippen LogP contribution is -2.37. The molecule has 2 aromatic rings. The Kier molecular flexibility index (Phi) is 7.40. The number of hydrogen-bond donors (Lipinski definition) is 1. The van der Waals surface area contributed by atoms with Crippen LogP contribution in [0.25, 0.3) is 0 Å². The Morgan fingerprint density at radius 3 is 2.12 bits per heavy atom. The normalized spacial score (nSPS) is 14.1. The summed E-state index contributed by atoms with van der Waals surface area (Å²) in [7, 11) is -0.446. The van der Waals surface area contributed by atoms with Crippen LogP contribution in [0.3, 0.4) is 0 Å². The smallest absolute Gasteiger partial charge is 0.253 e. The Morgan fingerprint density at radius 2 is 1.59 bits per heavy atom. The summed E-state index contributed by atoms with van der Waals surface area (Å²) in [6.07, 6.45) is 5.77. The maximum Gasteiger partial charge on any atom is 0.253 e. The van der Waals surface area contributed by atoms with E-state index in [1.165, 1.54) is 42.0 Å². The first-order valence-corrected chi connectivity index (χ1v) is 12.3. The predicted molar refractivity (Wildman–Crippen MR) is 125 cm³/mol. The zero-order chi connectivity index (χ0) is 23.3. The fourth-order valence-electron chi connectivity index (χ4n) is 3.57. The summed E-state index contributed by atoms with van der Waals surface area (Å²) in [5.41, 5.74) is 1.28. The lowest BCUT2D eigenvalue weighted by molar-refractivity contribution is -0.114. The van der Waals surface area contributed by atoms with Crippen LogP contribution in [0, 0.1) is 0 Å². The molecule has 9 heteroatoms. The zero-order valence-corrected chi connectivity index (χ0v) is 19.4. The standard InChI is InChI=1S/C23H29N3O5S/c1-25(2)23(28)17-8-12-19(13-9-17)26(32(3,29)30)16-22(27)24-18-10-14-21(15-11-18)31-20-6-4-5-7-20/h8-15,20H,4-7,16H2,1-3H3,(H,24,27). The van der Waals surface area contributed by atoms with Crippen molar-refractivity contribution in [2.24, 2.45) is 0 Å². The number of carbonyl (C=O) groups is 2. The molecule has 8 nitrogen and oxygen atoms in total. The lowest BCUT2D eigenvalue weighted by Gasteiger charge is -2.22. The Morgan fingerprint density at radius 1 is 1.00 bits per heavy atom. The molecule has 0 aliphatic heterocycles. The Balaban J connectivity index is 1.65. The molecule has 1 fully saturated rings. The summed E-state index contributed by atoms with van der Waals surface area (Å²) in [4.78, 5) is 26.0. The van der Waals surface area contributed by atoms with Crippen molar-refractivity contribution in [3.05, 3.63) is 54.1 Å². The minimum Gasteiger partial charge on any atom is -0.490 e. The van der Waals surface area contributed by atoms with Crippen LogP contribution in [0.2, 0.25) is 0 Å². The van der Waals surface area contributed by atoms with Gasteiger partial charge in [-0.2, -0.15) is 0 Å². The number of amides is 2. The molecule has 0 spiro atoms. The molecule has 1 aliphatic rings. The van der Waals surface area contributed by atoms with Gasteiger partial charge in [-0.25, -0.2) is 8.42 Å². The van der Waals surface area contributed by atoms with Crippen molar-refractivity contribution in [2.75, 3.05) is 36.5 Å². The number of ether oxygens (including phenoxy) is 1. The molecule has 32 heavy (non-hydrogen) atoms. The second-order valence-electron chi connectivity index (χ2n) is 8.11. The van der Waals surface area contributed by atoms with Crippen molar-refractivity contribution < 1.29 is 22.7 Å². The average molecular weight is 460 g/mol. The molecule has 1 N–H and O–H groups in total. The third kappa shape index (κ3) is 6.23. The molecule has 1 saturated carbocycles. The minimum atomic E-state index is -3.72. The molecule has 1 aliphatic carbocycles. The Labute approximate surface area is 189 Å². The molecule has 3 rings (SSSR count). The van der Waals surface area contributed by atoms with Gasteiger partial charge in [-0.15, -0.1) is 0 Å². The molecule has 0 atom stereocenters. The van der Waals surface area contributed by atoms with E-state index in [4.69, 9.17) is 4.74 Å². The van der Waals surface area contributed by atoms with Crippen molar-refractivity contribution in [1.29, 1.82) is 0 Å². The molecule has 2 aromatic carbocycles. The zero-order valence-electron chi connectivity index (χ0n) is 18.6. The van der Waals surface area contributed by atoms with Gasteiger partial charge in [0.15, 0.2) is 0 Å². The van der Waals surface area contributed by atoms with Crippen LogP contribution in [0.4, 0.5) is 11.4 Å². The molecule has 0 bridgehead atoms. The highest BCUT2D eigenvalue weighted by atomic mass is 32.2. The van der Waals surface area contributed by atoms with E-state index in [0.717, 1.165) is 29.2 Å². The summed E-state index contributed by atoms with van der Waals surface area (Å²) >= 11 is 0. The number of carbonyl (C=O) groups excluding carboxylic acids is 2. The molecule has 172 valence electrons. The van der Waals surface area contributed by atoms with Crippen LogP contribution in [-0.2, 0) is 14.8 Å². The molecule has 0 radical (unpaired) electrons. The van der Waals surface area contributed by atoms with E-state index in [-0.39, 0.29) is 18.6 Å². The van der Waals surface area contributed by atoms with E-state index in [2.05, 4.69) is 5.32 Å². The van der Waals surface area contributed by atoms with Gasteiger partial charge in [0.25, 0.3) is 5.91 Å². The first-order chi connectivity index (χ1) is 15.1. The van der Waals surface area contributed by atoms with Crippen molar-refractivity contribution >= 4 is 33.2 Å². The minimum absolute atomic E-state index is 0.194. The van der Waals surface area contributed by atoms with Gasteiger partial charge >= 0.3 is 0 Å². The van der Waals surface area contributed by atoms with E-state index < -0.39 is 15.9 Å². The molecule has 0 unspecified atom stereocenters. The van der Waals surface area contributed by atoms with E-state index in [1.807, 2.05) is 0 Å². The summed E-state index contributed by atoms with van der Waals surface area (Å²) in [5, 5.41) is 2.72. The van der Waals surface area contributed by atoms with Crippen LogP contribution in [0.5, 0.6) is 5.75 Å². The Hall–Kier alpha value is -3.07. The number of anilines is 2. The van der Waals surface area contributed by atoms with E-state index in [0.29, 0.717) is 16.9 Å². The maximum absolute atomic E-state index is 12.6. The average Bonchev–Trinajstić information content (AvgIpc) is 3.25. The van der Waals surface area contributed by atoms with Gasteiger partial charge in [0.1, 0.15) is 12.3 Å². The van der Waals surface area contributed by atoms with E-state index >= 15 is 0 Å². The van der Waals surface area contributed by atoms with Crippen molar-refractivity contribution in [2.45, 2.75) is 31.8 Å². The number of nitrogens with zero attached hydrogens (tertiary/aromatic N) is 2. The molecule has 0 aromatic heterocycles. The molecule has 2 amide bonds. The maximum atomic E-state index is 12.6. The second-order valence-corrected chi connectivity index (χ2v) is 10.0. The van der Waals surface area contributed by atoms with Crippen LogP contribution in [0.1, 0.15) is 36.0 Å². The first kappa shape index (κ1) is 23.6. The number of nitrogens with one attached hydrogen (secondary N) is 1. The van der Waals surface area contributed by atoms with Gasteiger partial charge in [0.05, 0.1) is 18.0 Å². The number of benzene rings is 2. The molecular weight excluding hydrogens is 430 g/mol. The van der Waals surface area contributed by atoms with Crippen LogP contribution >= 0.6 is 0 Å². The summed E-state index contributed by atoms with van der Waals surface area (Å²) in [6, 6.07) is 13.2. The molecular formula is C23H29N3O5S. The highest BCUT2D eigenvalue weighted by Crippen LogP contribution is 2.25. The van der Waals surface area contributed by atoms with Gasteiger partial charge in [-0.1, -0.05) is 0 Å². The van der Waals surface area contributed by atoms with E-state index in [1.54, 1.807) is 38.4 Å². The fraction of sp³-hybridized carbons (Fsp3) is 0.391. The van der Waals surface area contributed by atoms with Gasteiger partial charge < -0.3 is 15.0 Å². The first-order valence-electron chi connectivity index (χ1n) is 10.5. The third-order valence-electron chi connectivity index (χ3n) is 5.24. The van der Waals surface area contributed by atoms with E-state index in [9.17, 15) is 18.0 Å². The van der Waals surface area contributed by atoms with Gasteiger partial charge in [-0.05, 0) is 74.2 Å². The fourth-order valence-corrected chi connectivity index (χ4v) is 4.43. The topological polar surface area (TPSA) is 96.0 Å². The SMILES string of the molecule is CN(C)C(=O)c1ccc(N(CC(=O)Nc2ccc(OC3CCCC3)cc2)S(C)(=O)=O)cc1. The predicted octanol–water partition coefficient (Wildman–Crippen LogP) is 3.11. The number of rotatable bonds is 8. The van der Waals surface area contributed by atoms with Gasteiger partial charge in [0.2, 0.25) is 15.9 Å². The highest BCUT2D eigenvalue weighted by Gasteiger charge is 2.22. The third-order valence-corrected chi connectivity index (χ3v) is 6.38. The van der Waals surface area contributed by atoms with Crippen LogP contribution in [-0.4, -0.2) is 58.1 Å². The van der Waals surface area contributed by atoms with Crippen molar-refractivity contribution in [3.8, 4) is 5.75 Å². The lowest BCUT2D eigenvalue weighted by atomic mass is 10.2. The monoisotopic (exact) mass is 459 g/mol. The van der Waals surface area contributed by atoms with Crippen LogP contribution in [0.15, 0.2) is 48.5 Å². The number of sulfonamides is 1. The van der Waals surface area contributed by atoms with Crippen molar-refractivity contribution in [3.63, 3.8) is 0 Å². The second kappa shape index (κ2) is 10.0. The summed E-state index contributed by atoms with van der Waals surface area (Å²) < 4.78 is 31.5. The quantitative estimate of drug-likeness (QED) is 0.654.